The Hall–Kier alpha value is -1.61. The molecule has 9 heteroatoms. The summed E-state index contributed by atoms with van der Waals surface area (Å²) in [5.74, 6) is 0. The standard InChI is InChI=1S/C16H20N4O3S.ClH/c17-24(22,23)20-8-6-16(11-20)5-7-19(10-16)14-9-15(21)18-13-4-2-1-3-12(13)14;/h1-4,9H,5-8,10-11H2,(H,18,21)(H2,17,22,23);1H. The van der Waals surface area contributed by atoms with Gasteiger partial charge in [-0.3, -0.25) is 4.79 Å². The number of aromatic amines is 1. The molecule has 2 aliphatic rings. The van der Waals surface area contributed by atoms with Crippen LogP contribution in [-0.4, -0.2) is 43.9 Å². The van der Waals surface area contributed by atoms with Gasteiger partial charge in [0.05, 0.1) is 11.2 Å². The molecule has 1 unspecified atom stereocenters. The number of aromatic nitrogens is 1. The van der Waals surface area contributed by atoms with Gasteiger partial charge in [0, 0.05) is 43.0 Å². The van der Waals surface area contributed by atoms with Gasteiger partial charge in [-0.25, -0.2) is 5.14 Å². The third kappa shape index (κ3) is 3.27. The molecule has 2 saturated heterocycles. The Labute approximate surface area is 152 Å². The molecule has 2 aromatic rings. The lowest BCUT2D eigenvalue weighted by Crippen LogP contribution is -2.37. The smallest absolute Gasteiger partial charge is 0.276 e. The summed E-state index contributed by atoms with van der Waals surface area (Å²) in [5.41, 5.74) is 1.54. The van der Waals surface area contributed by atoms with E-state index in [1.807, 2.05) is 24.3 Å². The molecule has 2 aliphatic heterocycles. The van der Waals surface area contributed by atoms with E-state index in [1.54, 1.807) is 6.07 Å². The van der Waals surface area contributed by atoms with Gasteiger partial charge < -0.3 is 9.88 Å². The molecule has 1 spiro atoms. The van der Waals surface area contributed by atoms with E-state index in [-0.39, 0.29) is 23.4 Å². The zero-order valence-electron chi connectivity index (χ0n) is 13.6. The van der Waals surface area contributed by atoms with Gasteiger partial charge in [-0.05, 0) is 18.9 Å². The van der Waals surface area contributed by atoms with Gasteiger partial charge in [0.15, 0.2) is 0 Å². The zero-order valence-corrected chi connectivity index (χ0v) is 15.3. The molecule has 7 nitrogen and oxygen atoms in total. The topological polar surface area (TPSA) is 99.5 Å². The van der Waals surface area contributed by atoms with Crippen molar-refractivity contribution in [2.24, 2.45) is 10.6 Å². The number of nitrogens with two attached hydrogens (primary N) is 1. The molecule has 0 radical (unpaired) electrons. The molecule has 3 N–H and O–H groups in total. The van der Waals surface area contributed by atoms with Crippen molar-refractivity contribution in [3.8, 4) is 0 Å². The van der Waals surface area contributed by atoms with Crippen molar-refractivity contribution in [2.45, 2.75) is 12.8 Å². The number of nitrogens with one attached hydrogen (secondary N) is 1. The highest BCUT2D eigenvalue weighted by atomic mass is 35.5. The van der Waals surface area contributed by atoms with Gasteiger partial charge in [0.1, 0.15) is 0 Å². The molecule has 136 valence electrons. The number of H-pyrrole nitrogens is 1. The van der Waals surface area contributed by atoms with Crippen LogP contribution in [0.5, 0.6) is 0 Å². The van der Waals surface area contributed by atoms with Crippen LogP contribution in [0.15, 0.2) is 35.1 Å². The van der Waals surface area contributed by atoms with Crippen molar-refractivity contribution in [1.29, 1.82) is 0 Å². The number of rotatable bonds is 2. The first-order chi connectivity index (χ1) is 11.4. The number of hydrogen-bond acceptors (Lipinski definition) is 4. The normalized spacial score (nSPS) is 24.1. The average Bonchev–Trinajstić information content (AvgIpc) is 3.14. The summed E-state index contributed by atoms with van der Waals surface area (Å²) in [4.78, 5) is 17.0. The maximum atomic E-state index is 12.0. The van der Waals surface area contributed by atoms with Gasteiger partial charge in [-0.2, -0.15) is 12.7 Å². The van der Waals surface area contributed by atoms with Crippen molar-refractivity contribution >= 4 is 39.2 Å². The molecule has 0 bridgehead atoms. The molecule has 0 amide bonds. The van der Waals surface area contributed by atoms with Crippen LogP contribution in [-0.2, 0) is 10.2 Å². The van der Waals surface area contributed by atoms with Crippen LogP contribution in [0.2, 0.25) is 0 Å². The van der Waals surface area contributed by atoms with Crippen LogP contribution < -0.4 is 15.6 Å². The lowest BCUT2D eigenvalue weighted by molar-refractivity contribution is 0.342. The summed E-state index contributed by atoms with van der Waals surface area (Å²) in [6, 6.07) is 9.37. The van der Waals surface area contributed by atoms with Crippen molar-refractivity contribution in [1.82, 2.24) is 9.29 Å². The lowest BCUT2D eigenvalue weighted by atomic mass is 9.86. The first kappa shape index (κ1) is 18.2. The van der Waals surface area contributed by atoms with Crippen molar-refractivity contribution in [3.05, 3.63) is 40.7 Å². The summed E-state index contributed by atoms with van der Waals surface area (Å²) in [7, 11) is -3.63. The molecule has 2 fully saturated rings. The van der Waals surface area contributed by atoms with Crippen molar-refractivity contribution in [2.75, 3.05) is 31.1 Å². The quantitative estimate of drug-likeness (QED) is 0.808. The molecule has 4 rings (SSSR count). The average molecular weight is 385 g/mol. The minimum atomic E-state index is -3.63. The molecule has 1 aromatic heterocycles. The summed E-state index contributed by atoms with van der Waals surface area (Å²) >= 11 is 0. The fourth-order valence-electron chi connectivity index (χ4n) is 4.03. The number of para-hydroxylation sites is 1. The number of benzene rings is 1. The van der Waals surface area contributed by atoms with Crippen LogP contribution in [0.3, 0.4) is 0 Å². The second-order valence-corrected chi connectivity index (χ2v) is 8.41. The highest BCUT2D eigenvalue weighted by molar-refractivity contribution is 7.86. The van der Waals surface area contributed by atoms with E-state index in [4.69, 9.17) is 5.14 Å². The molecule has 1 aromatic carbocycles. The van der Waals surface area contributed by atoms with Crippen LogP contribution in [0, 0.1) is 5.41 Å². The fraction of sp³-hybridized carbons (Fsp3) is 0.438. The SMILES string of the molecule is Cl.NS(=O)(=O)N1CCC2(CCN(c3cc(=O)[nH]c4ccccc34)C2)C1. The summed E-state index contributed by atoms with van der Waals surface area (Å²) in [6.45, 7) is 2.49. The monoisotopic (exact) mass is 384 g/mol. The third-order valence-corrected chi connectivity index (χ3v) is 6.30. The van der Waals surface area contributed by atoms with E-state index >= 15 is 0 Å². The molecular formula is C16H21ClN4O3S. The minimum absolute atomic E-state index is 0. The Bertz CT molecular complexity index is 961. The van der Waals surface area contributed by atoms with Gasteiger partial charge in [-0.1, -0.05) is 18.2 Å². The summed E-state index contributed by atoms with van der Waals surface area (Å²) in [5, 5.41) is 6.28. The molecule has 1 atom stereocenters. The summed E-state index contributed by atoms with van der Waals surface area (Å²) < 4.78 is 24.5. The highest BCUT2D eigenvalue weighted by Crippen LogP contribution is 2.42. The molecule has 25 heavy (non-hydrogen) atoms. The molecular weight excluding hydrogens is 364 g/mol. The van der Waals surface area contributed by atoms with E-state index in [2.05, 4.69) is 9.88 Å². The second-order valence-electron chi connectivity index (χ2n) is 6.86. The van der Waals surface area contributed by atoms with Crippen LogP contribution in [0.4, 0.5) is 5.69 Å². The highest BCUT2D eigenvalue weighted by Gasteiger charge is 2.46. The number of fused-ring (bicyclic) bond motifs is 1. The Morgan fingerprint density at radius 3 is 2.56 bits per heavy atom. The number of anilines is 1. The number of nitrogens with zero attached hydrogens (tertiary/aromatic N) is 2. The van der Waals surface area contributed by atoms with E-state index in [0.717, 1.165) is 42.5 Å². The third-order valence-electron chi connectivity index (χ3n) is 5.27. The Morgan fingerprint density at radius 2 is 1.84 bits per heavy atom. The van der Waals surface area contributed by atoms with Crippen LogP contribution in [0.1, 0.15) is 12.8 Å². The number of hydrogen-bond donors (Lipinski definition) is 2. The first-order valence-electron chi connectivity index (χ1n) is 8.01. The Balaban J connectivity index is 0.00000182. The minimum Gasteiger partial charge on any atom is -0.370 e. The van der Waals surface area contributed by atoms with E-state index in [9.17, 15) is 13.2 Å². The van der Waals surface area contributed by atoms with Gasteiger partial charge in [-0.15, -0.1) is 12.4 Å². The fourth-order valence-corrected chi connectivity index (χ4v) is 4.83. The van der Waals surface area contributed by atoms with Gasteiger partial charge in [0.2, 0.25) is 5.56 Å². The van der Waals surface area contributed by atoms with E-state index in [1.165, 1.54) is 4.31 Å². The van der Waals surface area contributed by atoms with Crippen LogP contribution >= 0.6 is 12.4 Å². The maximum Gasteiger partial charge on any atom is 0.276 e. The Kier molecular flexibility index (Phi) is 4.57. The maximum absolute atomic E-state index is 12.0. The van der Waals surface area contributed by atoms with E-state index in [0.29, 0.717) is 13.1 Å². The number of halogens is 1. The van der Waals surface area contributed by atoms with Gasteiger partial charge in [0.25, 0.3) is 10.2 Å². The first-order valence-corrected chi connectivity index (χ1v) is 9.52. The predicted octanol–water partition coefficient (Wildman–Crippen LogP) is 1.06. The Morgan fingerprint density at radius 1 is 1.12 bits per heavy atom. The van der Waals surface area contributed by atoms with E-state index < -0.39 is 10.2 Å². The largest absolute Gasteiger partial charge is 0.370 e. The second kappa shape index (κ2) is 6.28. The van der Waals surface area contributed by atoms with Crippen LogP contribution in [0.25, 0.3) is 10.9 Å². The van der Waals surface area contributed by atoms with Crippen molar-refractivity contribution in [3.63, 3.8) is 0 Å². The lowest BCUT2D eigenvalue weighted by Gasteiger charge is -2.25. The van der Waals surface area contributed by atoms with Gasteiger partial charge >= 0.3 is 0 Å². The summed E-state index contributed by atoms with van der Waals surface area (Å²) in [6.07, 6.45) is 1.71. The molecule has 0 aliphatic carbocycles. The molecule has 3 heterocycles. The van der Waals surface area contributed by atoms with Crippen molar-refractivity contribution < 1.29 is 8.42 Å². The predicted molar refractivity (Wildman–Crippen MR) is 100 cm³/mol. The zero-order chi connectivity index (χ0) is 16.9. The molecule has 0 saturated carbocycles. The number of pyridine rings is 1.